The Morgan fingerprint density at radius 1 is 1.14 bits per heavy atom. The number of para-hydroxylation sites is 2. The molecule has 3 aromatic rings. The van der Waals surface area contributed by atoms with Crippen LogP contribution in [0.1, 0.15) is 6.92 Å². The third kappa shape index (κ3) is 4.17. The maximum atomic E-state index is 12.1. The molecular formula is C20H20N4O3S. The molecule has 0 aliphatic heterocycles. The lowest BCUT2D eigenvalue weighted by Gasteiger charge is -2.16. The van der Waals surface area contributed by atoms with Gasteiger partial charge in [0.1, 0.15) is 5.75 Å². The van der Waals surface area contributed by atoms with E-state index in [1.54, 1.807) is 20.2 Å². The van der Waals surface area contributed by atoms with Crippen LogP contribution >= 0.6 is 11.8 Å². The number of ether oxygens (including phenoxy) is 1. The number of thioether (sulfide) groups is 1. The van der Waals surface area contributed by atoms with E-state index in [0.29, 0.717) is 10.9 Å². The van der Waals surface area contributed by atoms with Crippen LogP contribution < -0.4 is 15.8 Å². The van der Waals surface area contributed by atoms with E-state index in [-0.39, 0.29) is 0 Å². The third-order valence-electron chi connectivity index (χ3n) is 4.02. The van der Waals surface area contributed by atoms with Crippen molar-refractivity contribution >= 4 is 23.7 Å². The Morgan fingerprint density at radius 3 is 2.50 bits per heavy atom. The number of nitrogens with one attached hydrogen (secondary N) is 1. The zero-order valence-corrected chi connectivity index (χ0v) is 16.3. The minimum Gasteiger partial charge on any atom is -0.495 e. The quantitative estimate of drug-likeness (QED) is 0.623. The Bertz CT molecular complexity index is 988. The second-order valence-electron chi connectivity index (χ2n) is 5.91. The number of urea groups is 1. The highest BCUT2D eigenvalue weighted by Gasteiger charge is 2.22. The molecular weight excluding hydrogens is 376 g/mol. The second-order valence-corrected chi connectivity index (χ2v) is 7.22. The van der Waals surface area contributed by atoms with Crippen molar-refractivity contribution in [3.63, 3.8) is 0 Å². The Balaban J connectivity index is 2.07. The predicted octanol–water partition coefficient (Wildman–Crippen LogP) is 3.22. The second kappa shape index (κ2) is 8.62. The molecule has 3 rings (SSSR count). The van der Waals surface area contributed by atoms with Gasteiger partial charge in [0.15, 0.2) is 5.16 Å². The number of hydrogen-bond acceptors (Lipinski definition) is 5. The molecule has 0 fully saturated rings. The van der Waals surface area contributed by atoms with E-state index < -0.39 is 17.2 Å². The van der Waals surface area contributed by atoms with Gasteiger partial charge in [-0.3, -0.25) is 14.7 Å². The first kappa shape index (κ1) is 19.5. The summed E-state index contributed by atoms with van der Waals surface area (Å²) in [6, 6.07) is 16.5. The molecule has 0 aliphatic carbocycles. The number of nitrogens with two attached hydrogens (primary N) is 1. The fourth-order valence-electron chi connectivity index (χ4n) is 2.71. The van der Waals surface area contributed by atoms with E-state index in [0.717, 1.165) is 16.9 Å². The summed E-state index contributed by atoms with van der Waals surface area (Å²) in [6.45, 7) is 1.69. The van der Waals surface area contributed by atoms with Crippen molar-refractivity contribution in [1.82, 2.24) is 14.9 Å². The maximum Gasteiger partial charge on any atom is 0.318 e. The van der Waals surface area contributed by atoms with Crippen LogP contribution in [0.2, 0.25) is 0 Å². The van der Waals surface area contributed by atoms with Gasteiger partial charge < -0.3 is 10.5 Å². The molecule has 0 spiro atoms. The van der Waals surface area contributed by atoms with E-state index in [1.165, 1.54) is 11.8 Å². The van der Waals surface area contributed by atoms with Crippen molar-refractivity contribution < 1.29 is 14.3 Å². The number of imide groups is 1. The molecule has 144 valence electrons. The maximum absolute atomic E-state index is 12.1. The Labute approximate surface area is 166 Å². The van der Waals surface area contributed by atoms with Gasteiger partial charge in [-0.05, 0) is 19.1 Å². The first-order chi connectivity index (χ1) is 13.5. The Hall–Kier alpha value is -3.26. The molecule has 7 nitrogen and oxygen atoms in total. The zero-order chi connectivity index (χ0) is 20.1. The predicted molar refractivity (Wildman–Crippen MR) is 109 cm³/mol. The lowest BCUT2D eigenvalue weighted by atomic mass is 10.1. The molecule has 0 radical (unpaired) electrons. The first-order valence-corrected chi connectivity index (χ1v) is 9.42. The highest BCUT2D eigenvalue weighted by atomic mass is 32.2. The molecule has 0 aliphatic rings. The zero-order valence-electron chi connectivity index (χ0n) is 15.5. The lowest BCUT2D eigenvalue weighted by molar-refractivity contribution is -0.119. The summed E-state index contributed by atoms with van der Waals surface area (Å²) >= 11 is 1.23. The summed E-state index contributed by atoms with van der Waals surface area (Å²) in [4.78, 5) is 27.6. The van der Waals surface area contributed by atoms with Crippen LogP contribution in [0.25, 0.3) is 16.9 Å². The summed E-state index contributed by atoms with van der Waals surface area (Å²) in [5.41, 5.74) is 7.67. The molecule has 1 aromatic heterocycles. The third-order valence-corrected chi connectivity index (χ3v) is 5.09. The number of benzene rings is 2. The number of primary amides is 1. The first-order valence-electron chi connectivity index (χ1n) is 8.54. The van der Waals surface area contributed by atoms with Crippen molar-refractivity contribution in [3.05, 3.63) is 60.8 Å². The summed E-state index contributed by atoms with van der Waals surface area (Å²) in [6.07, 6.45) is 1.75. The van der Waals surface area contributed by atoms with Gasteiger partial charge in [-0.15, -0.1) is 0 Å². The van der Waals surface area contributed by atoms with Gasteiger partial charge in [0.05, 0.1) is 29.9 Å². The molecule has 0 unspecified atom stereocenters. The average molecular weight is 396 g/mol. The SMILES string of the molecule is COc1ccccc1-n1c(-c2ccccc2)cnc1S[C@H](C)C(=O)NC(N)=O. The van der Waals surface area contributed by atoms with E-state index >= 15 is 0 Å². The van der Waals surface area contributed by atoms with Crippen LogP contribution in [0.3, 0.4) is 0 Å². The van der Waals surface area contributed by atoms with E-state index in [9.17, 15) is 9.59 Å². The number of aromatic nitrogens is 2. The molecule has 0 bridgehead atoms. The van der Waals surface area contributed by atoms with Crippen LogP contribution in [0.15, 0.2) is 66.0 Å². The smallest absolute Gasteiger partial charge is 0.318 e. The summed E-state index contributed by atoms with van der Waals surface area (Å²) < 4.78 is 7.46. The van der Waals surface area contributed by atoms with Gasteiger partial charge in [-0.2, -0.15) is 0 Å². The van der Waals surface area contributed by atoms with Gasteiger partial charge >= 0.3 is 6.03 Å². The van der Waals surface area contributed by atoms with Crippen LogP contribution in [0.5, 0.6) is 5.75 Å². The highest BCUT2D eigenvalue weighted by Crippen LogP contribution is 2.35. The summed E-state index contributed by atoms with van der Waals surface area (Å²) in [5.74, 6) is 0.196. The molecule has 1 atom stereocenters. The molecule has 2 aromatic carbocycles. The minimum absolute atomic E-state index is 0.478. The van der Waals surface area contributed by atoms with Gasteiger partial charge in [-0.1, -0.05) is 54.2 Å². The minimum atomic E-state index is -0.879. The molecule has 1 heterocycles. The average Bonchev–Trinajstić information content (AvgIpc) is 3.11. The van der Waals surface area contributed by atoms with Crippen molar-refractivity contribution in [2.75, 3.05) is 7.11 Å². The molecule has 0 saturated carbocycles. The molecule has 8 heteroatoms. The summed E-state index contributed by atoms with van der Waals surface area (Å²) in [5, 5.41) is 2.12. The van der Waals surface area contributed by atoms with Crippen LogP contribution in [0, 0.1) is 0 Å². The Morgan fingerprint density at radius 2 is 1.82 bits per heavy atom. The van der Waals surface area contributed by atoms with E-state index in [2.05, 4.69) is 10.3 Å². The molecule has 0 saturated heterocycles. The topological polar surface area (TPSA) is 99.2 Å². The monoisotopic (exact) mass is 396 g/mol. The van der Waals surface area contributed by atoms with Gasteiger partial charge in [-0.25, -0.2) is 9.78 Å². The largest absolute Gasteiger partial charge is 0.495 e. The van der Waals surface area contributed by atoms with Crippen LogP contribution in [-0.4, -0.2) is 33.8 Å². The number of imidazole rings is 1. The number of hydrogen-bond donors (Lipinski definition) is 2. The number of methoxy groups -OCH3 is 1. The number of nitrogens with zero attached hydrogens (tertiary/aromatic N) is 2. The van der Waals surface area contributed by atoms with Gasteiger partial charge in [0, 0.05) is 5.56 Å². The van der Waals surface area contributed by atoms with Crippen molar-refractivity contribution in [3.8, 4) is 22.7 Å². The van der Waals surface area contributed by atoms with Crippen LogP contribution in [-0.2, 0) is 4.79 Å². The normalized spacial score (nSPS) is 11.6. The van der Waals surface area contributed by atoms with Gasteiger partial charge in [0.25, 0.3) is 0 Å². The standard InChI is InChI=1S/C20H20N4O3S/c1-13(18(25)23-19(21)26)28-20-22-12-16(14-8-4-3-5-9-14)24(20)15-10-6-7-11-17(15)27-2/h3-13H,1-2H3,(H3,21,23,25,26)/t13-/m1/s1. The highest BCUT2D eigenvalue weighted by molar-refractivity contribution is 8.00. The van der Waals surface area contributed by atoms with Crippen LogP contribution in [0.4, 0.5) is 4.79 Å². The van der Waals surface area contributed by atoms with E-state index in [4.69, 9.17) is 10.5 Å². The van der Waals surface area contributed by atoms with Crippen molar-refractivity contribution in [2.24, 2.45) is 5.73 Å². The fourth-order valence-corrected chi connectivity index (χ4v) is 3.61. The van der Waals surface area contributed by atoms with Gasteiger partial charge in [0.2, 0.25) is 5.91 Å². The number of carbonyl (C=O) groups is 2. The summed E-state index contributed by atoms with van der Waals surface area (Å²) in [7, 11) is 1.60. The Kier molecular flexibility index (Phi) is 6.00. The number of amides is 3. The lowest BCUT2D eigenvalue weighted by Crippen LogP contribution is -2.39. The van der Waals surface area contributed by atoms with Crippen molar-refractivity contribution in [1.29, 1.82) is 0 Å². The molecule has 3 amide bonds. The fraction of sp³-hybridized carbons (Fsp3) is 0.150. The number of carbonyl (C=O) groups excluding carboxylic acids is 2. The van der Waals surface area contributed by atoms with E-state index in [1.807, 2.05) is 59.2 Å². The molecule has 3 N–H and O–H groups in total. The number of rotatable bonds is 6. The molecule has 28 heavy (non-hydrogen) atoms. The van der Waals surface area contributed by atoms with Crippen molar-refractivity contribution in [2.45, 2.75) is 17.3 Å².